The predicted octanol–water partition coefficient (Wildman–Crippen LogP) is 3.52. The number of fused-ring (bicyclic) bond motifs is 1. The van der Waals surface area contributed by atoms with Gasteiger partial charge in [-0.25, -0.2) is 4.98 Å². The maximum atomic E-state index is 12.5. The lowest BCUT2D eigenvalue weighted by molar-refractivity contribution is -0.117. The number of rotatable bonds is 3. The molecule has 0 aliphatic carbocycles. The van der Waals surface area contributed by atoms with Gasteiger partial charge < -0.3 is 16.0 Å². The highest BCUT2D eigenvalue weighted by atomic mass is 35.5. The second-order valence-electron chi connectivity index (χ2n) is 5.67. The SMILES string of the molecule is CC(C(=O)Nc1ccc(Cl)cn1)N1CCCc2c(N)cccc21.Cl. The fourth-order valence-corrected chi connectivity index (χ4v) is 3.02. The van der Waals surface area contributed by atoms with E-state index < -0.39 is 0 Å². The molecule has 1 aromatic heterocycles. The van der Waals surface area contributed by atoms with Gasteiger partial charge in [0.15, 0.2) is 0 Å². The van der Waals surface area contributed by atoms with E-state index in [1.165, 1.54) is 6.20 Å². The van der Waals surface area contributed by atoms with Crippen molar-refractivity contribution in [1.82, 2.24) is 4.98 Å². The summed E-state index contributed by atoms with van der Waals surface area (Å²) in [6.07, 6.45) is 3.45. The molecule has 1 aromatic carbocycles. The molecule has 0 saturated heterocycles. The summed E-state index contributed by atoms with van der Waals surface area (Å²) in [5.41, 5.74) is 9.03. The largest absolute Gasteiger partial charge is 0.398 e. The Hall–Kier alpha value is -1.98. The summed E-state index contributed by atoms with van der Waals surface area (Å²) in [7, 11) is 0. The average molecular weight is 367 g/mol. The maximum absolute atomic E-state index is 12.5. The van der Waals surface area contributed by atoms with Gasteiger partial charge >= 0.3 is 0 Å². The molecule has 0 saturated carbocycles. The summed E-state index contributed by atoms with van der Waals surface area (Å²) >= 11 is 5.81. The first kappa shape index (κ1) is 18.4. The second-order valence-corrected chi connectivity index (χ2v) is 6.11. The number of nitrogen functional groups attached to an aromatic ring is 1. The summed E-state index contributed by atoms with van der Waals surface area (Å²) in [6, 6.07) is 8.94. The highest BCUT2D eigenvalue weighted by Crippen LogP contribution is 2.32. The number of benzene rings is 1. The monoisotopic (exact) mass is 366 g/mol. The number of hydrogen-bond donors (Lipinski definition) is 2. The van der Waals surface area contributed by atoms with Crippen LogP contribution >= 0.6 is 24.0 Å². The Morgan fingerprint density at radius 2 is 2.17 bits per heavy atom. The van der Waals surface area contributed by atoms with Crippen molar-refractivity contribution in [3.05, 3.63) is 47.1 Å². The van der Waals surface area contributed by atoms with Gasteiger partial charge in [-0.3, -0.25) is 4.79 Å². The van der Waals surface area contributed by atoms with E-state index in [-0.39, 0.29) is 24.4 Å². The highest BCUT2D eigenvalue weighted by Gasteiger charge is 2.27. The van der Waals surface area contributed by atoms with Gasteiger partial charge in [-0.2, -0.15) is 0 Å². The van der Waals surface area contributed by atoms with Crippen LogP contribution in [0.4, 0.5) is 17.2 Å². The van der Waals surface area contributed by atoms with Crippen LogP contribution in [0.2, 0.25) is 5.02 Å². The molecular formula is C17H20Cl2N4O. The lowest BCUT2D eigenvalue weighted by Crippen LogP contribution is -2.44. The van der Waals surface area contributed by atoms with Crippen molar-refractivity contribution in [2.45, 2.75) is 25.8 Å². The predicted molar refractivity (Wildman–Crippen MR) is 101 cm³/mol. The normalized spacial score (nSPS) is 14.3. The number of aromatic nitrogens is 1. The molecule has 24 heavy (non-hydrogen) atoms. The number of halogens is 2. The zero-order chi connectivity index (χ0) is 16.4. The number of pyridine rings is 1. The Labute approximate surface area is 152 Å². The maximum Gasteiger partial charge on any atom is 0.247 e. The highest BCUT2D eigenvalue weighted by molar-refractivity contribution is 6.30. The fourth-order valence-electron chi connectivity index (χ4n) is 2.90. The molecule has 2 aromatic rings. The van der Waals surface area contributed by atoms with Gasteiger partial charge in [0.2, 0.25) is 5.91 Å². The molecule has 0 radical (unpaired) electrons. The number of carbonyl (C=O) groups excluding carboxylic acids is 1. The van der Waals surface area contributed by atoms with E-state index in [1.807, 2.05) is 25.1 Å². The van der Waals surface area contributed by atoms with Gasteiger partial charge in [0, 0.05) is 24.1 Å². The number of nitrogens with two attached hydrogens (primary N) is 1. The molecule has 1 aliphatic heterocycles. The topological polar surface area (TPSA) is 71.2 Å². The first-order chi connectivity index (χ1) is 11.1. The Morgan fingerprint density at radius 3 is 2.88 bits per heavy atom. The second kappa shape index (κ2) is 7.73. The molecule has 1 atom stereocenters. The van der Waals surface area contributed by atoms with Crippen molar-refractivity contribution in [3.63, 3.8) is 0 Å². The first-order valence-corrected chi connectivity index (χ1v) is 8.00. The molecule has 0 fully saturated rings. The average Bonchev–Trinajstić information content (AvgIpc) is 2.56. The van der Waals surface area contributed by atoms with Gasteiger partial charge in [0.05, 0.1) is 5.02 Å². The number of anilines is 3. The standard InChI is InChI=1S/C17H19ClN4O.ClH/c1-11(17(23)21-16-8-7-12(18)10-20-16)22-9-3-4-13-14(19)5-2-6-15(13)22;/h2,5-8,10-11H,3-4,9,19H2,1H3,(H,20,21,23);1H. The number of nitrogens with one attached hydrogen (secondary N) is 1. The van der Waals surface area contributed by atoms with Crippen LogP contribution in [0, 0.1) is 0 Å². The molecular weight excluding hydrogens is 347 g/mol. The summed E-state index contributed by atoms with van der Waals surface area (Å²) in [5, 5.41) is 3.37. The smallest absolute Gasteiger partial charge is 0.247 e. The quantitative estimate of drug-likeness (QED) is 0.815. The van der Waals surface area contributed by atoms with E-state index in [9.17, 15) is 4.79 Å². The lowest BCUT2D eigenvalue weighted by atomic mass is 9.98. The Kier molecular flexibility index (Phi) is 5.91. The summed E-state index contributed by atoms with van der Waals surface area (Å²) in [6.45, 7) is 2.72. The van der Waals surface area contributed by atoms with Crippen molar-refractivity contribution in [3.8, 4) is 0 Å². The van der Waals surface area contributed by atoms with E-state index in [1.54, 1.807) is 12.1 Å². The molecule has 5 nitrogen and oxygen atoms in total. The van der Waals surface area contributed by atoms with Crippen LogP contribution in [0.25, 0.3) is 0 Å². The molecule has 2 heterocycles. The zero-order valence-electron chi connectivity index (χ0n) is 13.3. The lowest BCUT2D eigenvalue weighted by Gasteiger charge is -2.35. The third-order valence-electron chi connectivity index (χ3n) is 4.15. The zero-order valence-corrected chi connectivity index (χ0v) is 14.9. The third kappa shape index (κ3) is 3.74. The van der Waals surface area contributed by atoms with Crippen molar-refractivity contribution >= 4 is 47.1 Å². The Morgan fingerprint density at radius 1 is 1.38 bits per heavy atom. The Bertz CT molecular complexity index is 721. The minimum Gasteiger partial charge on any atom is -0.398 e. The number of hydrogen-bond acceptors (Lipinski definition) is 4. The Balaban J connectivity index is 0.00000208. The molecule has 0 spiro atoms. The minimum atomic E-state index is -0.312. The number of nitrogens with zero attached hydrogens (tertiary/aromatic N) is 2. The van der Waals surface area contributed by atoms with Gasteiger partial charge in [-0.1, -0.05) is 17.7 Å². The van der Waals surface area contributed by atoms with E-state index in [2.05, 4.69) is 15.2 Å². The molecule has 1 amide bonds. The molecule has 1 unspecified atom stereocenters. The van der Waals surface area contributed by atoms with Crippen molar-refractivity contribution in [2.24, 2.45) is 0 Å². The molecule has 1 aliphatic rings. The van der Waals surface area contributed by atoms with Crippen molar-refractivity contribution < 1.29 is 4.79 Å². The number of carbonyl (C=O) groups is 1. The van der Waals surface area contributed by atoms with Gasteiger partial charge in [0.25, 0.3) is 0 Å². The summed E-state index contributed by atoms with van der Waals surface area (Å²) in [5.74, 6) is 0.395. The van der Waals surface area contributed by atoms with Crippen molar-refractivity contribution in [1.29, 1.82) is 0 Å². The van der Waals surface area contributed by atoms with Crippen LogP contribution < -0.4 is 16.0 Å². The van der Waals surface area contributed by atoms with Crippen LogP contribution in [-0.4, -0.2) is 23.5 Å². The van der Waals surface area contributed by atoms with Gasteiger partial charge in [0.1, 0.15) is 11.9 Å². The molecule has 3 N–H and O–H groups in total. The van der Waals surface area contributed by atoms with Crippen LogP contribution in [0.15, 0.2) is 36.5 Å². The fraction of sp³-hybridized carbons (Fsp3) is 0.294. The van der Waals surface area contributed by atoms with Crippen LogP contribution in [0.1, 0.15) is 18.9 Å². The van der Waals surface area contributed by atoms with Crippen LogP contribution in [-0.2, 0) is 11.2 Å². The van der Waals surface area contributed by atoms with E-state index >= 15 is 0 Å². The van der Waals surface area contributed by atoms with Crippen molar-refractivity contribution in [2.75, 3.05) is 22.5 Å². The molecule has 0 bridgehead atoms. The summed E-state index contributed by atoms with van der Waals surface area (Å²) in [4.78, 5) is 18.7. The minimum absolute atomic E-state index is 0. The third-order valence-corrected chi connectivity index (χ3v) is 4.37. The number of amides is 1. The van der Waals surface area contributed by atoms with E-state index in [0.717, 1.165) is 36.3 Å². The van der Waals surface area contributed by atoms with Crippen LogP contribution in [0.5, 0.6) is 0 Å². The van der Waals surface area contributed by atoms with Crippen LogP contribution in [0.3, 0.4) is 0 Å². The van der Waals surface area contributed by atoms with E-state index in [4.69, 9.17) is 17.3 Å². The van der Waals surface area contributed by atoms with Gasteiger partial charge in [-0.05, 0) is 49.6 Å². The van der Waals surface area contributed by atoms with E-state index in [0.29, 0.717) is 10.8 Å². The first-order valence-electron chi connectivity index (χ1n) is 7.62. The molecule has 3 rings (SSSR count). The molecule has 128 valence electrons. The van der Waals surface area contributed by atoms with Gasteiger partial charge in [-0.15, -0.1) is 12.4 Å². The molecule has 7 heteroatoms. The summed E-state index contributed by atoms with van der Waals surface area (Å²) < 4.78 is 0.